The Balaban J connectivity index is 1.69. The SMILES string of the molecule is CN(C)C(=O)CCCN(CCOc1ccc(/C(=C(/CC(F)(F)F)c2ccccc2)c2ccc3c(c2)c(F)nn3C(=O)OC(C)(C)C)cn1)C(=O)OC(C)(C)C. The van der Waals surface area contributed by atoms with Crippen molar-refractivity contribution in [2.24, 2.45) is 0 Å². The Bertz CT molecular complexity index is 2000. The number of amides is 2. The van der Waals surface area contributed by atoms with Gasteiger partial charge in [-0.05, 0) is 88.4 Å². The molecule has 0 saturated carbocycles. The molecule has 0 radical (unpaired) electrons. The second kappa shape index (κ2) is 17.3. The van der Waals surface area contributed by atoms with Gasteiger partial charge in [-0.15, -0.1) is 5.10 Å². The summed E-state index contributed by atoms with van der Waals surface area (Å²) >= 11 is 0. The molecule has 296 valence electrons. The molecule has 0 spiro atoms. The first-order chi connectivity index (χ1) is 25.6. The zero-order valence-electron chi connectivity index (χ0n) is 32.3. The van der Waals surface area contributed by atoms with Crippen molar-refractivity contribution in [3.63, 3.8) is 0 Å². The Kier molecular flexibility index (Phi) is 13.3. The van der Waals surface area contributed by atoms with E-state index in [1.807, 2.05) is 0 Å². The molecule has 0 aliphatic heterocycles. The van der Waals surface area contributed by atoms with E-state index in [1.165, 1.54) is 40.3 Å². The number of nitrogens with zero attached hydrogens (tertiary/aromatic N) is 5. The topological polar surface area (TPSA) is 116 Å². The number of allylic oxidation sites excluding steroid dienone is 1. The normalized spacial score (nSPS) is 12.6. The first kappa shape index (κ1) is 42.3. The number of aromatic nitrogens is 3. The van der Waals surface area contributed by atoms with Crippen LogP contribution < -0.4 is 4.74 Å². The van der Waals surface area contributed by atoms with Gasteiger partial charge in [-0.1, -0.05) is 36.4 Å². The van der Waals surface area contributed by atoms with Crippen molar-refractivity contribution in [2.75, 3.05) is 33.8 Å². The molecule has 2 aromatic heterocycles. The van der Waals surface area contributed by atoms with E-state index in [0.29, 0.717) is 6.42 Å². The monoisotopic (exact) mass is 769 g/mol. The van der Waals surface area contributed by atoms with Crippen LogP contribution in [-0.4, -0.2) is 93.8 Å². The number of halogens is 4. The Morgan fingerprint density at radius 3 is 2.05 bits per heavy atom. The minimum Gasteiger partial charge on any atom is -0.476 e. The lowest BCUT2D eigenvalue weighted by molar-refractivity contribution is -0.129. The van der Waals surface area contributed by atoms with Crippen LogP contribution in [0.25, 0.3) is 22.0 Å². The fourth-order valence-electron chi connectivity index (χ4n) is 5.51. The Morgan fingerprint density at radius 2 is 1.47 bits per heavy atom. The highest BCUT2D eigenvalue weighted by Crippen LogP contribution is 2.40. The van der Waals surface area contributed by atoms with Crippen molar-refractivity contribution in [3.8, 4) is 5.88 Å². The molecule has 0 fully saturated rings. The number of hydrogen-bond donors (Lipinski definition) is 0. The van der Waals surface area contributed by atoms with Crippen LogP contribution in [0.5, 0.6) is 5.88 Å². The first-order valence-corrected chi connectivity index (χ1v) is 17.7. The number of carbonyl (C=O) groups is 3. The summed E-state index contributed by atoms with van der Waals surface area (Å²) in [7, 11) is 3.30. The Labute approximate surface area is 317 Å². The second-order valence-corrected chi connectivity index (χ2v) is 15.0. The summed E-state index contributed by atoms with van der Waals surface area (Å²) < 4.78 is 75.6. The molecular weight excluding hydrogens is 722 g/mol. The third-order valence-corrected chi connectivity index (χ3v) is 7.90. The van der Waals surface area contributed by atoms with Crippen LogP contribution in [0.2, 0.25) is 0 Å². The number of pyridine rings is 1. The van der Waals surface area contributed by atoms with Gasteiger partial charge < -0.3 is 24.0 Å². The summed E-state index contributed by atoms with van der Waals surface area (Å²) in [6.07, 6.45) is -5.44. The first-order valence-electron chi connectivity index (χ1n) is 17.7. The van der Waals surface area contributed by atoms with Crippen LogP contribution in [0, 0.1) is 5.95 Å². The predicted molar refractivity (Wildman–Crippen MR) is 200 cm³/mol. The highest BCUT2D eigenvalue weighted by molar-refractivity contribution is 6.01. The molecule has 0 atom stereocenters. The third kappa shape index (κ3) is 12.3. The molecule has 0 aliphatic rings. The molecule has 11 nitrogen and oxygen atoms in total. The fraction of sp³-hybridized carbons (Fsp3) is 0.425. The third-order valence-electron chi connectivity index (χ3n) is 7.90. The van der Waals surface area contributed by atoms with Crippen molar-refractivity contribution in [3.05, 3.63) is 89.5 Å². The van der Waals surface area contributed by atoms with Gasteiger partial charge in [0, 0.05) is 44.9 Å². The standard InChI is InChI=1S/C40H47F4N5O6/c1-38(2,3)54-36(51)48(20-12-15-33(50)47(7)8)21-22-53-32-19-17-28(25-45-32)34(30(24-40(42,43)44)26-13-10-9-11-14-26)27-16-18-31-29(23-27)35(41)46-49(31)37(52)55-39(4,5)6/h9-11,13-14,16-19,23,25H,12,15,20-22,24H2,1-8H3/b34-30-. The van der Waals surface area contributed by atoms with Gasteiger partial charge >= 0.3 is 18.4 Å². The minimum absolute atomic E-state index is 0.00314. The number of carbonyl (C=O) groups excluding carboxylic acids is 3. The average Bonchev–Trinajstić information content (AvgIpc) is 3.41. The average molecular weight is 770 g/mol. The van der Waals surface area contributed by atoms with Crippen LogP contribution in [0.1, 0.15) is 77.5 Å². The van der Waals surface area contributed by atoms with Crippen LogP contribution in [0.4, 0.5) is 27.2 Å². The molecule has 0 bridgehead atoms. The number of alkyl halides is 3. The highest BCUT2D eigenvalue weighted by atomic mass is 19.4. The quantitative estimate of drug-likeness (QED) is 0.104. The van der Waals surface area contributed by atoms with Gasteiger partial charge in [-0.2, -0.15) is 22.2 Å². The number of rotatable bonds is 12. The number of hydrogen-bond acceptors (Lipinski definition) is 8. The second-order valence-electron chi connectivity index (χ2n) is 15.0. The van der Waals surface area contributed by atoms with Crippen molar-refractivity contribution in [2.45, 2.75) is 78.2 Å². The summed E-state index contributed by atoms with van der Waals surface area (Å²) in [6, 6.07) is 15.3. The molecular formula is C40H47F4N5O6. The molecule has 2 aromatic carbocycles. The maximum atomic E-state index is 15.3. The van der Waals surface area contributed by atoms with Crippen molar-refractivity contribution in [1.29, 1.82) is 0 Å². The maximum absolute atomic E-state index is 15.3. The molecule has 0 saturated heterocycles. The lowest BCUT2D eigenvalue weighted by Crippen LogP contribution is -2.40. The van der Waals surface area contributed by atoms with E-state index in [9.17, 15) is 27.6 Å². The van der Waals surface area contributed by atoms with Crippen molar-refractivity contribution >= 4 is 40.1 Å². The molecule has 0 N–H and O–H groups in total. The van der Waals surface area contributed by atoms with Crippen LogP contribution in [0.15, 0.2) is 66.9 Å². The highest BCUT2D eigenvalue weighted by Gasteiger charge is 2.32. The van der Waals surface area contributed by atoms with Gasteiger partial charge in [-0.3, -0.25) is 4.79 Å². The van der Waals surface area contributed by atoms with E-state index in [4.69, 9.17) is 14.2 Å². The van der Waals surface area contributed by atoms with Crippen LogP contribution in [0.3, 0.4) is 0 Å². The number of ether oxygens (including phenoxy) is 3. The zero-order chi connectivity index (χ0) is 40.7. The van der Waals surface area contributed by atoms with Crippen LogP contribution >= 0.6 is 0 Å². The van der Waals surface area contributed by atoms with Crippen molar-refractivity contribution < 1.29 is 46.2 Å². The van der Waals surface area contributed by atoms with Gasteiger partial charge in [0.05, 0.1) is 23.9 Å². The molecule has 0 unspecified atom stereocenters. The summed E-state index contributed by atoms with van der Waals surface area (Å²) in [5.74, 6) is -0.956. The van der Waals surface area contributed by atoms with E-state index < -0.39 is 41.9 Å². The lowest BCUT2D eigenvalue weighted by Gasteiger charge is -2.27. The maximum Gasteiger partial charge on any atom is 0.435 e. The molecule has 2 amide bonds. The predicted octanol–water partition coefficient (Wildman–Crippen LogP) is 8.75. The summed E-state index contributed by atoms with van der Waals surface area (Å²) in [6.45, 7) is 10.5. The number of fused-ring (bicyclic) bond motifs is 1. The molecule has 2 heterocycles. The van der Waals surface area contributed by atoms with Gasteiger partial charge in [0.25, 0.3) is 0 Å². The zero-order valence-corrected chi connectivity index (χ0v) is 32.3. The molecule has 4 aromatic rings. The molecule has 0 aliphatic carbocycles. The minimum atomic E-state index is -4.62. The fourth-order valence-corrected chi connectivity index (χ4v) is 5.51. The van der Waals surface area contributed by atoms with Gasteiger partial charge in [0.1, 0.15) is 17.8 Å². The molecule has 4 rings (SSSR count). The van der Waals surface area contributed by atoms with E-state index in [2.05, 4.69) is 10.1 Å². The molecule has 15 heteroatoms. The number of benzene rings is 2. The smallest absolute Gasteiger partial charge is 0.435 e. The summed E-state index contributed by atoms with van der Waals surface area (Å²) in [5, 5.41) is 3.62. The lowest BCUT2D eigenvalue weighted by atomic mass is 9.88. The molecule has 55 heavy (non-hydrogen) atoms. The Morgan fingerprint density at radius 1 is 0.818 bits per heavy atom. The summed E-state index contributed by atoms with van der Waals surface area (Å²) in [5.41, 5.74) is -0.769. The van der Waals surface area contributed by atoms with E-state index in [-0.39, 0.29) is 76.6 Å². The van der Waals surface area contributed by atoms with Crippen molar-refractivity contribution in [1.82, 2.24) is 24.6 Å². The summed E-state index contributed by atoms with van der Waals surface area (Å²) in [4.78, 5) is 45.1. The largest absolute Gasteiger partial charge is 0.476 e. The van der Waals surface area contributed by atoms with E-state index in [1.54, 1.807) is 92.0 Å². The van der Waals surface area contributed by atoms with Crippen LogP contribution in [-0.2, 0) is 14.3 Å². The van der Waals surface area contributed by atoms with E-state index >= 15 is 4.39 Å². The van der Waals surface area contributed by atoms with E-state index in [0.717, 1.165) is 4.68 Å². The van der Waals surface area contributed by atoms with Gasteiger partial charge in [-0.25, -0.2) is 14.6 Å². The van der Waals surface area contributed by atoms with Gasteiger partial charge in [0.2, 0.25) is 17.7 Å². The van der Waals surface area contributed by atoms with Gasteiger partial charge in [0.15, 0.2) is 0 Å². The Hall–Kier alpha value is -5.47.